The molecule has 0 bridgehead atoms. The van der Waals surface area contributed by atoms with E-state index in [4.69, 9.17) is 26.1 Å². The number of hydrogen-bond donors (Lipinski definition) is 0. The average Bonchev–Trinajstić information content (AvgIpc) is 3.19. The van der Waals surface area contributed by atoms with E-state index < -0.39 is 0 Å². The molecule has 1 aromatic heterocycles. The maximum atomic E-state index is 13.6. The molecule has 1 amide bonds. The second-order valence-corrected chi connectivity index (χ2v) is 8.33. The van der Waals surface area contributed by atoms with Crippen molar-refractivity contribution in [2.24, 2.45) is 0 Å². The van der Waals surface area contributed by atoms with Gasteiger partial charge in [-0.3, -0.25) is 9.69 Å². The smallest absolute Gasteiger partial charge is 0.263 e. The Morgan fingerprint density at radius 2 is 1.87 bits per heavy atom. The van der Waals surface area contributed by atoms with Gasteiger partial charge < -0.3 is 14.4 Å². The molecule has 0 unspecified atom stereocenters. The monoisotopic (exact) mass is 461 g/mol. The van der Waals surface area contributed by atoms with Crippen molar-refractivity contribution in [3.63, 3.8) is 0 Å². The Hall–Kier alpha value is -2.35. The quantitative estimate of drug-likeness (QED) is 0.407. The summed E-state index contributed by atoms with van der Waals surface area (Å²) in [5, 5.41) is 1.13. The molecule has 6 nitrogen and oxygen atoms in total. The van der Waals surface area contributed by atoms with Crippen LogP contribution >= 0.6 is 22.9 Å². The Balaban J connectivity index is 2.01. The number of methoxy groups -OCH3 is 1. The first-order valence-corrected chi connectivity index (χ1v) is 11.6. The van der Waals surface area contributed by atoms with Crippen molar-refractivity contribution in [2.75, 3.05) is 44.8 Å². The number of halogens is 1. The summed E-state index contributed by atoms with van der Waals surface area (Å²) in [6.45, 7) is 9.85. The van der Waals surface area contributed by atoms with Crippen LogP contribution in [0.3, 0.4) is 0 Å². The third-order valence-corrected chi connectivity index (χ3v) is 6.34. The van der Waals surface area contributed by atoms with Crippen LogP contribution in [0, 0.1) is 0 Å². The van der Waals surface area contributed by atoms with E-state index in [2.05, 4.69) is 18.7 Å². The molecule has 31 heavy (non-hydrogen) atoms. The van der Waals surface area contributed by atoms with Crippen molar-refractivity contribution in [3.05, 3.63) is 47.0 Å². The van der Waals surface area contributed by atoms with E-state index in [9.17, 15) is 4.79 Å². The van der Waals surface area contributed by atoms with E-state index in [-0.39, 0.29) is 5.91 Å². The highest BCUT2D eigenvalue weighted by Crippen LogP contribution is 2.33. The van der Waals surface area contributed by atoms with E-state index in [1.54, 1.807) is 30.2 Å². The highest BCUT2D eigenvalue weighted by Gasteiger charge is 2.25. The summed E-state index contributed by atoms with van der Waals surface area (Å²) in [4.78, 5) is 22.4. The van der Waals surface area contributed by atoms with Crippen LogP contribution in [0.2, 0.25) is 5.02 Å². The molecule has 0 atom stereocenters. The van der Waals surface area contributed by atoms with Crippen LogP contribution in [-0.4, -0.2) is 55.7 Å². The summed E-state index contributed by atoms with van der Waals surface area (Å²) in [5.74, 6) is 1.10. The summed E-state index contributed by atoms with van der Waals surface area (Å²) >= 11 is 7.67. The molecule has 0 saturated carbocycles. The molecular formula is C23H28ClN3O3S. The topological polar surface area (TPSA) is 54.9 Å². The molecule has 0 radical (unpaired) electrons. The summed E-state index contributed by atoms with van der Waals surface area (Å²) in [5.41, 5.74) is 1.26. The van der Waals surface area contributed by atoms with Crippen LogP contribution in [0.25, 0.3) is 10.2 Å². The minimum absolute atomic E-state index is 0.185. The second kappa shape index (κ2) is 10.8. The fourth-order valence-electron chi connectivity index (χ4n) is 3.32. The van der Waals surface area contributed by atoms with Crippen molar-refractivity contribution in [3.8, 4) is 11.5 Å². The third kappa shape index (κ3) is 5.47. The number of anilines is 1. The molecule has 0 aliphatic rings. The lowest BCUT2D eigenvalue weighted by Crippen LogP contribution is -2.39. The van der Waals surface area contributed by atoms with E-state index >= 15 is 0 Å². The lowest BCUT2D eigenvalue weighted by Gasteiger charge is -2.25. The van der Waals surface area contributed by atoms with Gasteiger partial charge in [0.1, 0.15) is 11.5 Å². The molecule has 166 valence electrons. The van der Waals surface area contributed by atoms with Crippen molar-refractivity contribution >= 4 is 44.2 Å². The molecule has 0 aliphatic carbocycles. The molecule has 0 fully saturated rings. The van der Waals surface area contributed by atoms with E-state index in [1.807, 2.05) is 25.1 Å². The van der Waals surface area contributed by atoms with Crippen LogP contribution < -0.4 is 14.4 Å². The summed E-state index contributed by atoms with van der Waals surface area (Å²) < 4.78 is 12.0. The zero-order chi connectivity index (χ0) is 22.4. The number of ether oxygens (including phenoxy) is 2. The molecule has 0 spiro atoms. The number of likely N-dealkylation sites (N-methyl/N-ethyl adjacent to an activating group) is 1. The number of hydrogen-bond acceptors (Lipinski definition) is 6. The number of aromatic nitrogens is 1. The van der Waals surface area contributed by atoms with Gasteiger partial charge in [0.25, 0.3) is 5.91 Å². The minimum Gasteiger partial charge on any atom is -0.496 e. The van der Waals surface area contributed by atoms with Crippen LogP contribution in [0.1, 0.15) is 31.1 Å². The van der Waals surface area contributed by atoms with Gasteiger partial charge in [-0.15, -0.1) is 0 Å². The molecule has 2 aromatic carbocycles. The molecular weight excluding hydrogens is 434 g/mol. The number of carbonyl (C=O) groups excluding carboxylic acids is 1. The second-order valence-electron chi connectivity index (χ2n) is 6.89. The molecule has 1 heterocycles. The standard InChI is InChI=1S/C23H28ClN3O3S/c1-5-26(6-2)12-13-27(22(28)18-14-16(24)8-11-20(18)29-4)23-25-19-10-9-17(30-7-3)15-21(19)31-23/h8-11,14-15H,5-7,12-13H2,1-4H3. The molecule has 0 saturated heterocycles. The highest BCUT2D eigenvalue weighted by atomic mass is 35.5. The molecule has 0 N–H and O–H groups in total. The Bertz CT molecular complexity index is 1040. The highest BCUT2D eigenvalue weighted by molar-refractivity contribution is 7.22. The molecule has 8 heteroatoms. The Labute approximate surface area is 192 Å². The van der Waals surface area contributed by atoms with Gasteiger partial charge in [-0.25, -0.2) is 4.98 Å². The SMILES string of the molecule is CCOc1ccc2nc(N(CCN(CC)CC)C(=O)c3cc(Cl)ccc3OC)sc2c1. The normalized spacial score (nSPS) is 11.2. The molecule has 0 aliphatic heterocycles. The van der Waals surface area contributed by atoms with Gasteiger partial charge in [0.2, 0.25) is 0 Å². The lowest BCUT2D eigenvalue weighted by atomic mass is 10.1. The Morgan fingerprint density at radius 1 is 1.10 bits per heavy atom. The van der Waals surface area contributed by atoms with Gasteiger partial charge in [0.15, 0.2) is 5.13 Å². The number of benzene rings is 2. The minimum atomic E-state index is -0.185. The van der Waals surface area contributed by atoms with Crippen LogP contribution in [-0.2, 0) is 0 Å². The zero-order valence-corrected chi connectivity index (χ0v) is 19.9. The molecule has 3 rings (SSSR count). The van der Waals surface area contributed by atoms with E-state index in [1.165, 1.54) is 11.3 Å². The maximum absolute atomic E-state index is 13.6. The van der Waals surface area contributed by atoms with Gasteiger partial charge in [0, 0.05) is 18.1 Å². The first kappa shape index (κ1) is 23.3. The van der Waals surface area contributed by atoms with Gasteiger partial charge >= 0.3 is 0 Å². The van der Waals surface area contributed by atoms with Crippen LogP contribution in [0.15, 0.2) is 36.4 Å². The van der Waals surface area contributed by atoms with Crippen molar-refractivity contribution < 1.29 is 14.3 Å². The van der Waals surface area contributed by atoms with Gasteiger partial charge in [-0.2, -0.15) is 0 Å². The summed E-state index contributed by atoms with van der Waals surface area (Å²) in [6, 6.07) is 10.9. The number of rotatable bonds is 10. The number of carbonyl (C=O) groups is 1. The Morgan fingerprint density at radius 3 is 2.55 bits per heavy atom. The lowest BCUT2D eigenvalue weighted by molar-refractivity contribution is 0.0981. The van der Waals surface area contributed by atoms with E-state index in [0.29, 0.717) is 34.6 Å². The summed E-state index contributed by atoms with van der Waals surface area (Å²) in [7, 11) is 1.55. The zero-order valence-electron chi connectivity index (χ0n) is 18.4. The fraction of sp³-hybridized carbons (Fsp3) is 0.391. The van der Waals surface area contributed by atoms with Crippen molar-refractivity contribution in [2.45, 2.75) is 20.8 Å². The predicted molar refractivity (Wildman–Crippen MR) is 128 cm³/mol. The third-order valence-electron chi connectivity index (χ3n) is 5.06. The first-order valence-electron chi connectivity index (χ1n) is 10.4. The van der Waals surface area contributed by atoms with Gasteiger partial charge in [-0.1, -0.05) is 36.8 Å². The van der Waals surface area contributed by atoms with Crippen LogP contribution in [0.5, 0.6) is 11.5 Å². The van der Waals surface area contributed by atoms with Gasteiger partial charge in [-0.05, 0) is 56.4 Å². The van der Waals surface area contributed by atoms with Crippen LogP contribution in [0.4, 0.5) is 5.13 Å². The van der Waals surface area contributed by atoms with Crippen molar-refractivity contribution in [1.82, 2.24) is 9.88 Å². The Kier molecular flexibility index (Phi) is 8.12. The van der Waals surface area contributed by atoms with E-state index in [0.717, 1.165) is 35.6 Å². The number of thiazole rings is 1. The maximum Gasteiger partial charge on any atom is 0.263 e. The average molecular weight is 462 g/mol. The first-order chi connectivity index (χ1) is 15.0. The van der Waals surface area contributed by atoms with Crippen molar-refractivity contribution in [1.29, 1.82) is 0 Å². The number of amides is 1. The summed E-state index contributed by atoms with van der Waals surface area (Å²) in [6.07, 6.45) is 0. The predicted octanol–water partition coefficient (Wildman–Crippen LogP) is 5.35. The van der Waals surface area contributed by atoms with Gasteiger partial charge in [0.05, 0.1) is 29.5 Å². The number of nitrogens with zero attached hydrogens (tertiary/aromatic N) is 3. The fourth-order valence-corrected chi connectivity index (χ4v) is 4.51. The number of fused-ring (bicyclic) bond motifs is 1. The molecule has 3 aromatic rings. The largest absolute Gasteiger partial charge is 0.496 e.